The summed E-state index contributed by atoms with van der Waals surface area (Å²) in [7, 11) is 0. The topological polar surface area (TPSA) is 46.8 Å². The Morgan fingerprint density at radius 3 is 2.82 bits per heavy atom. The third-order valence-corrected chi connectivity index (χ3v) is 3.96. The molecule has 4 rings (SSSR count). The summed E-state index contributed by atoms with van der Waals surface area (Å²) in [6.45, 7) is 2.91. The third kappa shape index (κ3) is 2.63. The normalized spacial score (nSPS) is 14.7. The van der Waals surface area contributed by atoms with Gasteiger partial charge in [-0.2, -0.15) is 5.10 Å². The van der Waals surface area contributed by atoms with E-state index >= 15 is 0 Å². The van der Waals surface area contributed by atoms with Crippen molar-refractivity contribution in [3.8, 4) is 5.95 Å². The molecule has 1 aliphatic heterocycles. The Morgan fingerprint density at radius 2 is 2.00 bits per heavy atom. The predicted octanol–water partition coefficient (Wildman–Crippen LogP) is 2.22. The van der Waals surface area contributed by atoms with Crippen molar-refractivity contribution in [2.75, 3.05) is 6.54 Å². The van der Waals surface area contributed by atoms with Gasteiger partial charge in [-0.05, 0) is 11.6 Å². The van der Waals surface area contributed by atoms with E-state index in [9.17, 15) is 0 Å². The molecule has 5 heteroatoms. The van der Waals surface area contributed by atoms with E-state index < -0.39 is 0 Å². The van der Waals surface area contributed by atoms with Crippen LogP contribution in [-0.4, -0.2) is 31.2 Å². The molecule has 0 saturated heterocycles. The molecule has 1 aromatic carbocycles. The number of benzene rings is 1. The largest absolute Gasteiger partial charge is 0.294 e. The molecule has 3 aromatic rings. The van der Waals surface area contributed by atoms with Gasteiger partial charge in [-0.3, -0.25) is 4.90 Å². The maximum atomic E-state index is 4.66. The maximum Gasteiger partial charge on any atom is 0.250 e. The first-order chi connectivity index (χ1) is 10.9. The second kappa shape index (κ2) is 5.69. The SMILES string of the molecule is c1ccc(CN2CCc3nc(-n4cccn4)ncc3C2)cc1. The molecule has 1 aliphatic rings. The second-order valence-corrected chi connectivity index (χ2v) is 5.54. The number of fused-ring (bicyclic) bond motifs is 1. The Morgan fingerprint density at radius 1 is 1.09 bits per heavy atom. The molecule has 22 heavy (non-hydrogen) atoms. The number of aromatic nitrogens is 4. The van der Waals surface area contributed by atoms with E-state index in [0.717, 1.165) is 31.7 Å². The highest BCUT2D eigenvalue weighted by Crippen LogP contribution is 2.19. The van der Waals surface area contributed by atoms with E-state index in [2.05, 4.69) is 50.3 Å². The molecule has 0 aliphatic carbocycles. The van der Waals surface area contributed by atoms with Crippen LogP contribution in [0.1, 0.15) is 16.8 Å². The lowest BCUT2D eigenvalue weighted by atomic mass is 10.1. The number of hydrogen-bond donors (Lipinski definition) is 0. The zero-order chi connectivity index (χ0) is 14.8. The summed E-state index contributed by atoms with van der Waals surface area (Å²) in [5.41, 5.74) is 3.71. The van der Waals surface area contributed by atoms with Crippen LogP contribution >= 0.6 is 0 Å². The summed E-state index contributed by atoms with van der Waals surface area (Å²) >= 11 is 0. The van der Waals surface area contributed by atoms with E-state index in [4.69, 9.17) is 0 Å². The molecule has 0 saturated carbocycles. The summed E-state index contributed by atoms with van der Waals surface area (Å²) in [5.74, 6) is 0.653. The number of rotatable bonds is 3. The van der Waals surface area contributed by atoms with Gasteiger partial charge in [0.05, 0.1) is 5.69 Å². The quantitative estimate of drug-likeness (QED) is 0.742. The van der Waals surface area contributed by atoms with Gasteiger partial charge in [0.2, 0.25) is 0 Å². The van der Waals surface area contributed by atoms with E-state index in [1.165, 1.54) is 11.1 Å². The van der Waals surface area contributed by atoms with E-state index in [0.29, 0.717) is 5.95 Å². The lowest BCUT2D eigenvalue weighted by Gasteiger charge is -2.28. The van der Waals surface area contributed by atoms with Gasteiger partial charge in [0.1, 0.15) is 0 Å². The molecule has 0 radical (unpaired) electrons. The number of hydrogen-bond acceptors (Lipinski definition) is 4. The molecule has 5 nitrogen and oxygen atoms in total. The molecule has 0 bridgehead atoms. The summed E-state index contributed by atoms with van der Waals surface area (Å²) < 4.78 is 1.70. The van der Waals surface area contributed by atoms with E-state index in [-0.39, 0.29) is 0 Å². The van der Waals surface area contributed by atoms with Crippen LogP contribution < -0.4 is 0 Å². The molecule has 0 atom stereocenters. The van der Waals surface area contributed by atoms with Crippen LogP contribution in [0, 0.1) is 0 Å². The van der Waals surface area contributed by atoms with Crippen LogP contribution in [0.2, 0.25) is 0 Å². The average molecular weight is 291 g/mol. The van der Waals surface area contributed by atoms with E-state index in [1.807, 2.05) is 18.5 Å². The fourth-order valence-corrected chi connectivity index (χ4v) is 2.84. The van der Waals surface area contributed by atoms with Gasteiger partial charge in [0, 0.05) is 50.2 Å². The monoisotopic (exact) mass is 291 g/mol. The Labute approximate surface area is 129 Å². The lowest BCUT2D eigenvalue weighted by Crippen LogP contribution is -2.31. The van der Waals surface area contributed by atoms with Crippen molar-refractivity contribution in [2.24, 2.45) is 0 Å². The standard InChI is InChI=1S/C17H17N5/c1-2-5-14(6-3-1)12-21-10-7-16-15(13-21)11-18-17(20-16)22-9-4-8-19-22/h1-6,8-9,11H,7,10,12-13H2. The van der Waals surface area contributed by atoms with Gasteiger partial charge in [-0.1, -0.05) is 30.3 Å². The van der Waals surface area contributed by atoms with Gasteiger partial charge >= 0.3 is 0 Å². The summed E-state index contributed by atoms with van der Waals surface area (Å²) in [6, 6.07) is 12.5. The highest BCUT2D eigenvalue weighted by atomic mass is 15.3. The zero-order valence-electron chi connectivity index (χ0n) is 12.3. The molecule has 0 amide bonds. The van der Waals surface area contributed by atoms with Crippen molar-refractivity contribution in [3.63, 3.8) is 0 Å². The zero-order valence-corrected chi connectivity index (χ0v) is 12.3. The van der Waals surface area contributed by atoms with E-state index in [1.54, 1.807) is 10.9 Å². The predicted molar refractivity (Wildman–Crippen MR) is 83.4 cm³/mol. The Bertz CT molecular complexity index is 752. The molecular weight excluding hydrogens is 274 g/mol. The highest BCUT2D eigenvalue weighted by Gasteiger charge is 2.18. The molecule has 0 N–H and O–H groups in total. The summed E-state index contributed by atoms with van der Waals surface area (Å²) in [4.78, 5) is 11.5. The second-order valence-electron chi connectivity index (χ2n) is 5.54. The Kier molecular flexibility index (Phi) is 3.40. The molecule has 2 aromatic heterocycles. The Balaban J connectivity index is 1.52. The fraction of sp³-hybridized carbons (Fsp3) is 0.235. The lowest BCUT2D eigenvalue weighted by molar-refractivity contribution is 0.242. The van der Waals surface area contributed by atoms with Crippen molar-refractivity contribution >= 4 is 0 Å². The average Bonchev–Trinajstić information content (AvgIpc) is 3.10. The minimum atomic E-state index is 0.653. The first-order valence-electron chi connectivity index (χ1n) is 7.49. The summed E-state index contributed by atoms with van der Waals surface area (Å²) in [5, 5.41) is 4.19. The van der Waals surface area contributed by atoms with Gasteiger partial charge < -0.3 is 0 Å². The molecule has 0 spiro atoms. The fourth-order valence-electron chi connectivity index (χ4n) is 2.84. The van der Waals surface area contributed by atoms with Crippen LogP contribution in [0.4, 0.5) is 0 Å². The van der Waals surface area contributed by atoms with Gasteiger partial charge in [0.15, 0.2) is 0 Å². The van der Waals surface area contributed by atoms with Crippen LogP contribution in [0.25, 0.3) is 5.95 Å². The minimum Gasteiger partial charge on any atom is -0.294 e. The highest BCUT2D eigenvalue weighted by molar-refractivity contribution is 5.25. The maximum absolute atomic E-state index is 4.66. The van der Waals surface area contributed by atoms with Crippen molar-refractivity contribution in [3.05, 3.63) is 71.8 Å². The van der Waals surface area contributed by atoms with Crippen molar-refractivity contribution in [1.82, 2.24) is 24.6 Å². The van der Waals surface area contributed by atoms with Gasteiger partial charge in [0.25, 0.3) is 5.95 Å². The minimum absolute atomic E-state index is 0.653. The number of nitrogens with zero attached hydrogens (tertiary/aromatic N) is 5. The molecule has 3 heterocycles. The summed E-state index contributed by atoms with van der Waals surface area (Å²) in [6.07, 6.45) is 6.51. The van der Waals surface area contributed by atoms with Crippen LogP contribution in [0.3, 0.4) is 0 Å². The third-order valence-electron chi connectivity index (χ3n) is 3.96. The molecule has 110 valence electrons. The molecular formula is C17H17N5. The van der Waals surface area contributed by atoms with Gasteiger partial charge in [-0.25, -0.2) is 14.6 Å². The Hall–Kier alpha value is -2.53. The van der Waals surface area contributed by atoms with Gasteiger partial charge in [-0.15, -0.1) is 0 Å². The molecule has 0 fully saturated rings. The van der Waals surface area contributed by atoms with Crippen LogP contribution in [0.15, 0.2) is 55.0 Å². The first-order valence-corrected chi connectivity index (χ1v) is 7.49. The first kappa shape index (κ1) is 13.2. The van der Waals surface area contributed by atoms with Crippen LogP contribution in [-0.2, 0) is 19.5 Å². The smallest absolute Gasteiger partial charge is 0.250 e. The van der Waals surface area contributed by atoms with Crippen molar-refractivity contribution in [1.29, 1.82) is 0 Å². The van der Waals surface area contributed by atoms with Crippen molar-refractivity contribution in [2.45, 2.75) is 19.5 Å². The molecule has 0 unspecified atom stereocenters. The van der Waals surface area contributed by atoms with Crippen molar-refractivity contribution < 1.29 is 0 Å². The van der Waals surface area contributed by atoms with Crippen LogP contribution in [0.5, 0.6) is 0 Å².